The molecular formula is C18H18F3N3O2S. The van der Waals surface area contributed by atoms with Gasteiger partial charge in [0.2, 0.25) is 11.8 Å². The van der Waals surface area contributed by atoms with Crippen molar-refractivity contribution in [1.82, 2.24) is 9.88 Å². The molecule has 1 aromatic heterocycles. The van der Waals surface area contributed by atoms with E-state index in [9.17, 15) is 22.8 Å². The van der Waals surface area contributed by atoms with Crippen molar-refractivity contribution in [1.29, 1.82) is 0 Å². The summed E-state index contributed by atoms with van der Waals surface area (Å²) in [6, 6.07) is 4.87. The lowest BCUT2D eigenvalue weighted by molar-refractivity contribution is -0.137. The lowest BCUT2D eigenvalue weighted by atomic mass is 10.1. The Morgan fingerprint density at radius 2 is 2.11 bits per heavy atom. The zero-order chi connectivity index (χ0) is 19.8. The summed E-state index contributed by atoms with van der Waals surface area (Å²) in [4.78, 5) is 31.2. The minimum absolute atomic E-state index is 0.0358. The molecule has 1 fully saturated rings. The van der Waals surface area contributed by atoms with E-state index in [-0.39, 0.29) is 31.3 Å². The van der Waals surface area contributed by atoms with Crippen LogP contribution in [0.1, 0.15) is 28.1 Å². The number of alkyl halides is 3. The fraction of sp³-hybridized carbons (Fsp3) is 0.389. The maximum atomic E-state index is 12.8. The minimum atomic E-state index is -4.43. The second-order valence-corrected chi connectivity index (χ2v) is 7.73. The Morgan fingerprint density at radius 3 is 2.74 bits per heavy atom. The summed E-state index contributed by atoms with van der Waals surface area (Å²) in [6.07, 6.45) is -4.40. The molecule has 3 rings (SSSR count). The van der Waals surface area contributed by atoms with Crippen molar-refractivity contribution >= 4 is 28.3 Å². The fourth-order valence-corrected chi connectivity index (χ4v) is 3.72. The van der Waals surface area contributed by atoms with Crippen LogP contribution in [0.5, 0.6) is 0 Å². The highest BCUT2D eigenvalue weighted by Crippen LogP contribution is 2.30. The highest BCUT2D eigenvalue weighted by atomic mass is 32.1. The van der Waals surface area contributed by atoms with Gasteiger partial charge >= 0.3 is 6.18 Å². The summed E-state index contributed by atoms with van der Waals surface area (Å²) in [6.45, 7) is 3.96. The molecule has 2 aromatic rings. The number of carbonyl (C=O) groups is 2. The Kier molecular flexibility index (Phi) is 5.23. The third-order valence-electron chi connectivity index (χ3n) is 4.47. The smallest absolute Gasteiger partial charge is 0.338 e. The van der Waals surface area contributed by atoms with E-state index >= 15 is 0 Å². The van der Waals surface area contributed by atoms with Gasteiger partial charge in [-0.15, -0.1) is 11.3 Å². The van der Waals surface area contributed by atoms with Crippen LogP contribution in [-0.2, 0) is 22.3 Å². The number of nitrogens with zero attached hydrogens (tertiary/aromatic N) is 2. The molecule has 1 saturated heterocycles. The number of halogens is 3. The van der Waals surface area contributed by atoms with Gasteiger partial charge in [0.15, 0.2) is 5.13 Å². The van der Waals surface area contributed by atoms with E-state index in [0.717, 1.165) is 22.7 Å². The van der Waals surface area contributed by atoms with Crippen molar-refractivity contribution < 1.29 is 22.8 Å². The third-order valence-corrected chi connectivity index (χ3v) is 5.46. The predicted molar refractivity (Wildman–Crippen MR) is 95.2 cm³/mol. The van der Waals surface area contributed by atoms with Gasteiger partial charge in [-0.2, -0.15) is 13.2 Å². The number of hydrogen-bond donors (Lipinski definition) is 1. The van der Waals surface area contributed by atoms with Gasteiger partial charge in [0.25, 0.3) is 0 Å². The molecule has 0 radical (unpaired) electrons. The normalized spacial score (nSPS) is 17.4. The summed E-state index contributed by atoms with van der Waals surface area (Å²) >= 11 is 1.36. The molecule has 1 aliphatic heterocycles. The first-order valence-electron chi connectivity index (χ1n) is 8.32. The van der Waals surface area contributed by atoms with Gasteiger partial charge in [-0.3, -0.25) is 9.59 Å². The van der Waals surface area contributed by atoms with Crippen molar-refractivity contribution in [3.63, 3.8) is 0 Å². The zero-order valence-corrected chi connectivity index (χ0v) is 15.6. The number of aromatic nitrogens is 1. The number of amides is 2. The predicted octanol–water partition coefficient (Wildman–Crippen LogP) is 3.77. The summed E-state index contributed by atoms with van der Waals surface area (Å²) in [5, 5.41) is 3.21. The summed E-state index contributed by atoms with van der Waals surface area (Å²) in [5.41, 5.74) is 0.463. The Morgan fingerprint density at radius 1 is 1.37 bits per heavy atom. The van der Waals surface area contributed by atoms with E-state index in [1.54, 1.807) is 0 Å². The SMILES string of the molecule is Cc1nc(NC(=O)[C@H]2CC(=O)N(Cc3cccc(C(F)(F)F)c3)C2)sc1C. The van der Waals surface area contributed by atoms with Crippen molar-refractivity contribution in [2.75, 3.05) is 11.9 Å². The first-order chi connectivity index (χ1) is 12.6. The average molecular weight is 397 g/mol. The summed E-state index contributed by atoms with van der Waals surface area (Å²) < 4.78 is 38.5. The fourth-order valence-electron chi connectivity index (χ4n) is 2.90. The average Bonchev–Trinajstić information content (AvgIpc) is 3.09. The van der Waals surface area contributed by atoms with Crippen molar-refractivity contribution in [3.8, 4) is 0 Å². The molecular weight excluding hydrogens is 379 g/mol. The lowest BCUT2D eigenvalue weighted by Gasteiger charge is -2.17. The first kappa shape index (κ1) is 19.3. The molecule has 27 heavy (non-hydrogen) atoms. The second-order valence-electron chi connectivity index (χ2n) is 6.52. The van der Waals surface area contributed by atoms with Gasteiger partial charge in [0.1, 0.15) is 0 Å². The number of thiazole rings is 1. The maximum absolute atomic E-state index is 12.8. The van der Waals surface area contributed by atoms with E-state index < -0.39 is 17.7 Å². The molecule has 1 N–H and O–H groups in total. The van der Waals surface area contributed by atoms with Gasteiger partial charge < -0.3 is 10.2 Å². The van der Waals surface area contributed by atoms with Crippen LogP contribution < -0.4 is 5.32 Å². The van der Waals surface area contributed by atoms with Gasteiger partial charge in [-0.1, -0.05) is 12.1 Å². The van der Waals surface area contributed by atoms with Crippen LogP contribution >= 0.6 is 11.3 Å². The highest BCUT2D eigenvalue weighted by molar-refractivity contribution is 7.15. The quantitative estimate of drug-likeness (QED) is 0.854. The largest absolute Gasteiger partial charge is 0.416 e. The van der Waals surface area contributed by atoms with Crippen LogP contribution in [0.3, 0.4) is 0 Å². The molecule has 1 aromatic carbocycles. The van der Waals surface area contributed by atoms with Gasteiger partial charge in [0, 0.05) is 24.4 Å². The summed E-state index contributed by atoms with van der Waals surface area (Å²) in [7, 11) is 0. The Bertz CT molecular complexity index is 859. The molecule has 1 aliphatic rings. The number of nitrogens with one attached hydrogen (secondary N) is 1. The molecule has 5 nitrogen and oxygen atoms in total. The highest BCUT2D eigenvalue weighted by Gasteiger charge is 2.35. The number of likely N-dealkylation sites (tertiary alicyclic amines) is 1. The Balaban J connectivity index is 1.64. The number of carbonyl (C=O) groups excluding carboxylic acids is 2. The zero-order valence-electron chi connectivity index (χ0n) is 14.8. The molecule has 1 atom stereocenters. The number of benzene rings is 1. The maximum Gasteiger partial charge on any atom is 0.416 e. The number of hydrogen-bond acceptors (Lipinski definition) is 4. The number of anilines is 1. The number of rotatable bonds is 4. The second kappa shape index (κ2) is 7.30. The van der Waals surface area contributed by atoms with Gasteiger partial charge in [0.05, 0.1) is 17.2 Å². The molecule has 9 heteroatoms. The van der Waals surface area contributed by atoms with Crippen LogP contribution in [0.4, 0.5) is 18.3 Å². The monoisotopic (exact) mass is 397 g/mol. The standard InChI is InChI=1S/C18H18F3N3O2S/c1-10-11(2)27-17(22-10)23-16(26)13-7-15(25)24(9-13)8-12-4-3-5-14(6-12)18(19,20)21/h3-6,13H,7-9H2,1-2H3,(H,22,23,26)/t13-/m0/s1. The van der Waals surface area contributed by atoms with Crippen LogP contribution in [0.2, 0.25) is 0 Å². The van der Waals surface area contributed by atoms with Gasteiger partial charge in [-0.05, 0) is 31.5 Å². The molecule has 0 saturated carbocycles. The number of aryl methyl sites for hydroxylation is 2. The van der Waals surface area contributed by atoms with E-state index in [4.69, 9.17) is 0 Å². The first-order valence-corrected chi connectivity index (χ1v) is 9.14. The van der Waals surface area contributed by atoms with Crippen LogP contribution in [0, 0.1) is 19.8 Å². The van der Waals surface area contributed by atoms with E-state index in [1.807, 2.05) is 13.8 Å². The van der Waals surface area contributed by atoms with Crippen LogP contribution in [0.25, 0.3) is 0 Å². The molecule has 0 aliphatic carbocycles. The van der Waals surface area contributed by atoms with E-state index in [1.165, 1.54) is 28.4 Å². The Hall–Kier alpha value is -2.42. The van der Waals surface area contributed by atoms with E-state index in [0.29, 0.717) is 10.7 Å². The molecule has 2 amide bonds. The van der Waals surface area contributed by atoms with Crippen LogP contribution in [-0.4, -0.2) is 28.2 Å². The van der Waals surface area contributed by atoms with Crippen molar-refractivity contribution in [2.24, 2.45) is 5.92 Å². The molecule has 0 unspecified atom stereocenters. The topological polar surface area (TPSA) is 62.3 Å². The molecule has 144 valence electrons. The van der Waals surface area contributed by atoms with E-state index in [2.05, 4.69) is 10.3 Å². The van der Waals surface area contributed by atoms with Crippen LogP contribution in [0.15, 0.2) is 24.3 Å². The van der Waals surface area contributed by atoms with Gasteiger partial charge in [-0.25, -0.2) is 4.98 Å². The molecule has 0 bridgehead atoms. The van der Waals surface area contributed by atoms with Crippen molar-refractivity contribution in [2.45, 2.75) is 33.0 Å². The Labute approximate surface area is 158 Å². The third kappa shape index (κ3) is 4.47. The molecule has 0 spiro atoms. The summed E-state index contributed by atoms with van der Waals surface area (Å²) in [5.74, 6) is -1.10. The molecule has 2 heterocycles. The lowest BCUT2D eigenvalue weighted by Crippen LogP contribution is -2.28. The van der Waals surface area contributed by atoms with Crippen molar-refractivity contribution in [3.05, 3.63) is 46.0 Å². The minimum Gasteiger partial charge on any atom is -0.338 e.